The molecule has 0 aliphatic carbocycles. The van der Waals surface area contributed by atoms with E-state index in [2.05, 4.69) is 4.98 Å². The second-order valence-electron chi connectivity index (χ2n) is 8.00. The van der Waals surface area contributed by atoms with Gasteiger partial charge in [0.1, 0.15) is 11.3 Å². The Labute approximate surface area is 226 Å². The second kappa shape index (κ2) is 13.1. The number of hydrogen-bond acceptors (Lipinski definition) is 7. The van der Waals surface area contributed by atoms with E-state index >= 15 is 0 Å². The molecule has 192 valence electrons. The second-order valence-corrected chi connectivity index (χ2v) is 11.9. The van der Waals surface area contributed by atoms with Gasteiger partial charge in [0.25, 0.3) is 0 Å². The summed E-state index contributed by atoms with van der Waals surface area (Å²) in [4.78, 5) is 21.7. The largest absolute Gasteiger partial charge is 0.494 e. The minimum absolute atomic E-state index is 0. The van der Waals surface area contributed by atoms with Crippen LogP contribution in [0.3, 0.4) is 0 Å². The molecular weight excluding hydrogens is 553 g/mol. The van der Waals surface area contributed by atoms with Gasteiger partial charge in [0.15, 0.2) is 15.0 Å². The molecule has 1 amide bonds. The SMILES string of the molecule is COc1ccc(Cl)c2sc(N(CCCN(C)C)C(=O)CCCS(=O)(=O)c3ccc(Cl)cc3)nc12.Cl. The predicted octanol–water partition coefficient (Wildman–Crippen LogP) is 5.57. The summed E-state index contributed by atoms with van der Waals surface area (Å²) in [5, 5.41) is 1.52. The lowest BCUT2D eigenvalue weighted by molar-refractivity contribution is -0.118. The first-order valence-electron chi connectivity index (χ1n) is 10.7. The molecule has 0 bridgehead atoms. The molecule has 1 heterocycles. The highest BCUT2D eigenvalue weighted by molar-refractivity contribution is 7.91. The Morgan fingerprint density at radius 1 is 1.06 bits per heavy atom. The van der Waals surface area contributed by atoms with Crippen LogP contribution in [0.4, 0.5) is 5.13 Å². The Morgan fingerprint density at radius 3 is 2.37 bits per heavy atom. The van der Waals surface area contributed by atoms with Gasteiger partial charge in [0.05, 0.1) is 27.5 Å². The van der Waals surface area contributed by atoms with E-state index in [4.69, 9.17) is 27.9 Å². The Morgan fingerprint density at radius 2 is 1.74 bits per heavy atom. The van der Waals surface area contributed by atoms with Crippen molar-refractivity contribution >= 4 is 78.0 Å². The normalized spacial score (nSPS) is 11.5. The van der Waals surface area contributed by atoms with Crippen molar-refractivity contribution in [1.82, 2.24) is 9.88 Å². The van der Waals surface area contributed by atoms with Crippen LogP contribution >= 0.6 is 46.9 Å². The van der Waals surface area contributed by atoms with E-state index < -0.39 is 9.84 Å². The Hall–Kier alpha value is -1.62. The lowest BCUT2D eigenvalue weighted by Gasteiger charge is -2.21. The zero-order valence-electron chi connectivity index (χ0n) is 19.7. The standard InChI is InChI=1S/C23H27Cl2N3O4S2.ClH/c1-27(2)13-5-14-28(23-26-21-19(32-3)12-11-18(25)22(21)33-23)20(29)6-4-15-34(30,31)17-9-7-16(24)8-10-17;/h7-12H,4-6,13-15H2,1-3H3;1H. The molecule has 0 saturated heterocycles. The van der Waals surface area contributed by atoms with E-state index in [0.29, 0.717) is 33.0 Å². The quantitative estimate of drug-likeness (QED) is 0.295. The molecule has 0 radical (unpaired) electrons. The van der Waals surface area contributed by atoms with Gasteiger partial charge in [-0.2, -0.15) is 0 Å². The lowest BCUT2D eigenvalue weighted by Crippen LogP contribution is -2.33. The Kier molecular flexibility index (Phi) is 11.1. The van der Waals surface area contributed by atoms with Crippen molar-refractivity contribution in [2.75, 3.05) is 44.9 Å². The number of halogens is 3. The summed E-state index contributed by atoms with van der Waals surface area (Å²) in [5.41, 5.74) is 0.603. The molecule has 2 aromatic carbocycles. The number of hydrogen-bond donors (Lipinski definition) is 0. The lowest BCUT2D eigenvalue weighted by atomic mass is 10.3. The van der Waals surface area contributed by atoms with Crippen LogP contribution in [0.25, 0.3) is 10.2 Å². The molecule has 0 unspecified atom stereocenters. The number of benzene rings is 2. The van der Waals surface area contributed by atoms with Crippen molar-refractivity contribution in [3.8, 4) is 5.75 Å². The molecule has 12 heteroatoms. The van der Waals surface area contributed by atoms with Crippen LogP contribution in [0.5, 0.6) is 5.75 Å². The molecule has 0 atom stereocenters. The van der Waals surface area contributed by atoms with Gasteiger partial charge < -0.3 is 9.64 Å². The Balaban J connectivity index is 0.00000432. The minimum Gasteiger partial charge on any atom is -0.494 e. The number of methoxy groups -OCH3 is 1. The number of fused-ring (bicyclic) bond motifs is 1. The Bertz CT molecular complexity index is 1250. The molecule has 0 N–H and O–H groups in total. The average molecular weight is 581 g/mol. The van der Waals surface area contributed by atoms with Crippen LogP contribution in [0.2, 0.25) is 10.0 Å². The first-order chi connectivity index (χ1) is 16.1. The van der Waals surface area contributed by atoms with Crippen LogP contribution < -0.4 is 9.64 Å². The molecule has 0 aliphatic rings. The molecule has 0 saturated carbocycles. The van der Waals surface area contributed by atoms with E-state index in [9.17, 15) is 13.2 Å². The molecule has 35 heavy (non-hydrogen) atoms. The van der Waals surface area contributed by atoms with Crippen molar-refractivity contribution in [2.24, 2.45) is 0 Å². The third kappa shape index (κ3) is 7.68. The number of anilines is 1. The number of carbonyl (C=O) groups excluding carboxylic acids is 1. The van der Waals surface area contributed by atoms with Gasteiger partial charge in [-0.05, 0) is 69.9 Å². The summed E-state index contributed by atoms with van der Waals surface area (Å²) in [7, 11) is 1.99. The maximum Gasteiger partial charge on any atom is 0.228 e. The highest BCUT2D eigenvalue weighted by Gasteiger charge is 2.23. The van der Waals surface area contributed by atoms with Gasteiger partial charge in [-0.25, -0.2) is 13.4 Å². The van der Waals surface area contributed by atoms with Gasteiger partial charge in [-0.15, -0.1) is 12.4 Å². The van der Waals surface area contributed by atoms with E-state index in [-0.39, 0.29) is 41.8 Å². The number of rotatable bonds is 11. The van der Waals surface area contributed by atoms with Gasteiger partial charge in [-0.3, -0.25) is 9.69 Å². The van der Waals surface area contributed by atoms with E-state index in [1.807, 2.05) is 19.0 Å². The first kappa shape index (κ1) is 29.6. The van der Waals surface area contributed by atoms with Crippen LogP contribution in [0, 0.1) is 0 Å². The fraction of sp³-hybridized carbons (Fsp3) is 0.391. The molecule has 7 nitrogen and oxygen atoms in total. The van der Waals surface area contributed by atoms with E-state index in [1.54, 1.807) is 36.3 Å². The van der Waals surface area contributed by atoms with Crippen molar-refractivity contribution in [3.63, 3.8) is 0 Å². The highest BCUT2D eigenvalue weighted by Crippen LogP contribution is 2.39. The molecular formula is C23H28Cl3N3O4S2. The minimum atomic E-state index is -3.51. The maximum absolute atomic E-state index is 13.2. The van der Waals surface area contributed by atoms with Crippen molar-refractivity contribution in [3.05, 3.63) is 46.4 Å². The monoisotopic (exact) mass is 579 g/mol. The van der Waals surface area contributed by atoms with E-state index in [0.717, 1.165) is 17.7 Å². The van der Waals surface area contributed by atoms with Crippen LogP contribution in [-0.4, -0.2) is 64.3 Å². The molecule has 1 aromatic heterocycles. The van der Waals surface area contributed by atoms with Crippen molar-refractivity contribution < 1.29 is 17.9 Å². The topological polar surface area (TPSA) is 79.8 Å². The maximum atomic E-state index is 13.2. The fourth-order valence-electron chi connectivity index (χ4n) is 3.40. The number of ether oxygens (including phenoxy) is 1. The van der Waals surface area contributed by atoms with Gasteiger partial charge >= 0.3 is 0 Å². The third-order valence-electron chi connectivity index (χ3n) is 5.16. The molecule has 3 rings (SSSR count). The van der Waals surface area contributed by atoms with Crippen LogP contribution in [0.1, 0.15) is 19.3 Å². The zero-order chi connectivity index (χ0) is 24.9. The summed E-state index contributed by atoms with van der Waals surface area (Å²) >= 11 is 13.5. The fourth-order valence-corrected chi connectivity index (χ4v) is 6.14. The van der Waals surface area contributed by atoms with Gasteiger partial charge in [-0.1, -0.05) is 34.5 Å². The number of aromatic nitrogens is 1. The average Bonchev–Trinajstić information content (AvgIpc) is 3.23. The number of carbonyl (C=O) groups is 1. The van der Waals surface area contributed by atoms with Gasteiger partial charge in [0, 0.05) is 18.0 Å². The molecule has 0 aliphatic heterocycles. The number of nitrogens with zero attached hydrogens (tertiary/aromatic N) is 3. The third-order valence-corrected chi connectivity index (χ3v) is 8.77. The molecule has 3 aromatic rings. The summed E-state index contributed by atoms with van der Waals surface area (Å²) in [6.07, 6.45) is 1.02. The number of sulfone groups is 1. The van der Waals surface area contributed by atoms with Gasteiger partial charge in [0.2, 0.25) is 5.91 Å². The number of thiazole rings is 1. The number of amides is 1. The summed E-state index contributed by atoms with van der Waals surface area (Å²) in [6, 6.07) is 9.52. The first-order valence-corrected chi connectivity index (χ1v) is 13.9. The summed E-state index contributed by atoms with van der Waals surface area (Å²) in [5.74, 6) is 0.265. The van der Waals surface area contributed by atoms with E-state index in [1.165, 1.54) is 23.5 Å². The predicted molar refractivity (Wildman–Crippen MR) is 147 cm³/mol. The highest BCUT2D eigenvalue weighted by atomic mass is 35.5. The zero-order valence-corrected chi connectivity index (χ0v) is 23.6. The smallest absolute Gasteiger partial charge is 0.228 e. The van der Waals surface area contributed by atoms with Crippen molar-refractivity contribution in [2.45, 2.75) is 24.2 Å². The molecule has 0 spiro atoms. The van der Waals surface area contributed by atoms with Crippen LogP contribution in [-0.2, 0) is 14.6 Å². The summed E-state index contributed by atoms with van der Waals surface area (Å²) < 4.78 is 31.4. The van der Waals surface area contributed by atoms with Crippen LogP contribution in [0.15, 0.2) is 41.3 Å². The molecule has 0 fully saturated rings. The van der Waals surface area contributed by atoms with Crippen molar-refractivity contribution in [1.29, 1.82) is 0 Å². The summed E-state index contributed by atoms with van der Waals surface area (Å²) in [6.45, 7) is 1.25.